The number of carboxylic acids is 1. The lowest BCUT2D eigenvalue weighted by Gasteiger charge is -2.12. The van der Waals surface area contributed by atoms with Crippen molar-refractivity contribution in [1.82, 2.24) is 9.97 Å². The molecule has 0 unspecified atom stereocenters. The SMILES string of the molecule is N[C@@H](Cc1ccc(-c2ccccn2)nc1)C(=O)[O-]. The molecule has 0 radical (unpaired) electrons. The lowest BCUT2D eigenvalue weighted by Crippen LogP contribution is -2.43. The van der Waals surface area contributed by atoms with Crippen molar-refractivity contribution < 1.29 is 9.90 Å². The molecule has 18 heavy (non-hydrogen) atoms. The summed E-state index contributed by atoms with van der Waals surface area (Å²) in [6, 6.07) is 8.14. The Morgan fingerprint density at radius 3 is 2.56 bits per heavy atom. The normalized spacial score (nSPS) is 12.1. The van der Waals surface area contributed by atoms with Gasteiger partial charge in [0.1, 0.15) is 0 Å². The van der Waals surface area contributed by atoms with Gasteiger partial charge in [0.2, 0.25) is 0 Å². The average Bonchev–Trinajstić information content (AvgIpc) is 2.40. The van der Waals surface area contributed by atoms with Crippen LogP contribution >= 0.6 is 0 Å². The van der Waals surface area contributed by atoms with Gasteiger partial charge in [0.05, 0.1) is 17.4 Å². The van der Waals surface area contributed by atoms with E-state index in [0.717, 1.165) is 17.0 Å². The fourth-order valence-corrected chi connectivity index (χ4v) is 1.55. The number of pyridine rings is 2. The van der Waals surface area contributed by atoms with Gasteiger partial charge in [0.15, 0.2) is 0 Å². The van der Waals surface area contributed by atoms with Crippen molar-refractivity contribution in [1.29, 1.82) is 0 Å². The van der Waals surface area contributed by atoms with Crippen LogP contribution in [0.5, 0.6) is 0 Å². The molecule has 0 spiro atoms. The Morgan fingerprint density at radius 1 is 1.22 bits per heavy atom. The molecule has 0 saturated heterocycles. The first kappa shape index (κ1) is 12.2. The molecule has 0 aliphatic heterocycles. The summed E-state index contributed by atoms with van der Waals surface area (Å²) in [6.45, 7) is 0. The second kappa shape index (κ2) is 5.37. The lowest BCUT2D eigenvalue weighted by molar-refractivity contribution is -0.307. The highest BCUT2D eigenvalue weighted by molar-refractivity contribution is 5.71. The van der Waals surface area contributed by atoms with Gasteiger partial charge >= 0.3 is 0 Å². The van der Waals surface area contributed by atoms with E-state index in [0.29, 0.717) is 0 Å². The van der Waals surface area contributed by atoms with Crippen LogP contribution in [0.15, 0.2) is 42.7 Å². The van der Waals surface area contributed by atoms with E-state index in [1.54, 1.807) is 24.5 Å². The van der Waals surface area contributed by atoms with E-state index in [-0.39, 0.29) is 6.42 Å². The standard InChI is InChI=1S/C13H13N3O2/c14-10(13(17)18)7-9-4-5-12(16-8-9)11-3-1-2-6-15-11/h1-6,8,10H,7,14H2,(H,17,18)/p-1/t10-/m0/s1. The smallest absolute Gasteiger partial charge is 0.0886 e. The second-order valence-corrected chi connectivity index (χ2v) is 3.90. The predicted molar refractivity (Wildman–Crippen MR) is 64.2 cm³/mol. The predicted octanol–water partition coefficient (Wildman–Crippen LogP) is -0.237. The molecule has 0 aliphatic carbocycles. The summed E-state index contributed by atoms with van der Waals surface area (Å²) in [5, 5.41) is 10.5. The fraction of sp³-hybridized carbons (Fsp3) is 0.154. The first-order chi connectivity index (χ1) is 8.66. The van der Waals surface area contributed by atoms with Crippen molar-refractivity contribution in [3.63, 3.8) is 0 Å². The van der Waals surface area contributed by atoms with E-state index in [4.69, 9.17) is 5.73 Å². The Kier molecular flexibility index (Phi) is 3.64. The molecular weight excluding hydrogens is 230 g/mol. The quantitative estimate of drug-likeness (QED) is 0.799. The highest BCUT2D eigenvalue weighted by Gasteiger charge is 2.06. The molecule has 2 N–H and O–H groups in total. The van der Waals surface area contributed by atoms with Crippen LogP contribution in [0.3, 0.4) is 0 Å². The Bertz CT molecular complexity index is 526. The van der Waals surface area contributed by atoms with Gasteiger partial charge in [-0.05, 0) is 30.2 Å². The number of rotatable bonds is 4. The molecule has 1 atom stereocenters. The lowest BCUT2D eigenvalue weighted by atomic mass is 10.1. The third kappa shape index (κ3) is 2.89. The summed E-state index contributed by atoms with van der Waals surface area (Å²) in [5.41, 5.74) is 7.66. The Morgan fingerprint density at radius 2 is 2.00 bits per heavy atom. The topological polar surface area (TPSA) is 91.9 Å². The molecule has 0 bridgehead atoms. The number of carboxylic acid groups (broad SMARTS) is 1. The number of carbonyl (C=O) groups excluding carboxylic acids is 1. The molecule has 0 amide bonds. The highest BCUT2D eigenvalue weighted by atomic mass is 16.4. The van der Waals surface area contributed by atoms with Crippen LogP contribution < -0.4 is 10.8 Å². The third-order valence-electron chi connectivity index (χ3n) is 2.51. The van der Waals surface area contributed by atoms with Crippen molar-refractivity contribution >= 4 is 5.97 Å². The highest BCUT2D eigenvalue weighted by Crippen LogP contribution is 2.13. The van der Waals surface area contributed by atoms with Gasteiger partial charge in [-0.2, -0.15) is 0 Å². The summed E-state index contributed by atoms with van der Waals surface area (Å²) in [6.07, 6.45) is 3.50. The number of aromatic nitrogens is 2. The number of carbonyl (C=O) groups is 1. The summed E-state index contributed by atoms with van der Waals surface area (Å²) in [7, 11) is 0. The molecule has 0 aromatic carbocycles. The molecule has 92 valence electrons. The fourth-order valence-electron chi connectivity index (χ4n) is 1.55. The number of hydrogen-bond donors (Lipinski definition) is 1. The number of nitrogens with zero attached hydrogens (tertiary/aromatic N) is 2. The maximum atomic E-state index is 10.5. The van der Waals surface area contributed by atoms with Gasteiger partial charge in [-0.25, -0.2) is 0 Å². The molecule has 0 saturated carbocycles. The molecule has 2 rings (SSSR count). The van der Waals surface area contributed by atoms with Crippen molar-refractivity contribution in [2.45, 2.75) is 12.5 Å². The zero-order chi connectivity index (χ0) is 13.0. The maximum absolute atomic E-state index is 10.5. The minimum atomic E-state index is -1.26. The molecule has 0 aliphatic rings. The molecule has 5 heteroatoms. The number of hydrogen-bond acceptors (Lipinski definition) is 5. The van der Waals surface area contributed by atoms with E-state index >= 15 is 0 Å². The van der Waals surface area contributed by atoms with Crippen LogP contribution in [0, 0.1) is 0 Å². The summed E-state index contributed by atoms with van der Waals surface area (Å²) in [4.78, 5) is 18.9. The van der Waals surface area contributed by atoms with E-state index in [1.807, 2.05) is 18.2 Å². The Hall–Kier alpha value is -2.27. The molecular formula is C13H12N3O2-. The summed E-state index contributed by atoms with van der Waals surface area (Å²) in [5.74, 6) is -1.26. The van der Waals surface area contributed by atoms with Gasteiger partial charge in [0.25, 0.3) is 0 Å². The number of nitrogens with two attached hydrogens (primary N) is 1. The van der Waals surface area contributed by atoms with Gasteiger partial charge in [-0.3, -0.25) is 9.97 Å². The Labute approximate surface area is 104 Å². The monoisotopic (exact) mass is 242 g/mol. The first-order valence-electron chi connectivity index (χ1n) is 5.49. The van der Waals surface area contributed by atoms with Crippen LogP contribution in [-0.4, -0.2) is 22.0 Å². The minimum Gasteiger partial charge on any atom is -0.548 e. The van der Waals surface area contributed by atoms with E-state index in [1.165, 1.54) is 0 Å². The van der Waals surface area contributed by atoms with Crippen molar-refractivity contribution in [3.05, 3.63) is 48.3 Å². The average molecular weight is 242 g/mol. The second-order valence-electron chi connectivity index (χ2n) is 3.90. The van der Waals surface area contributed by atoms with Gasteiger partial charge < -0.3 is 15.6 Å². The van der Waals surface area contributed by atoms with Gasteiger partial charge in [-0.15, -0.1) is 0 Å². The van der Waals surface area contributed by atoms with Crippen LogP contribution in [0.2, 0.25) is 0 Å². The first-order valence-corrected chi connectivity index (χ1v) is 5.49. The number of aliphatic carboxylic acids is 1. The zero-order valence-corrected chi connectivity index (χ0v) is 9.61. The van der Waals surface area contributed by atoms with Crippen LogP contribution in [0.4, 0.5) is 0 Å². The summed E-state index contributed by atoms with van der Waals surface area (Å²) >= 11 is 0. The van der Waals surface area contributed by atoms with E-state index in [2.05, 4.69) is 9.97 Å². The van der Waals surface area contributed by atoms with Crippen molar-refractivity contribution in [2.75, 3.05) is 0 Å². The van der Waals surface area contributed by atoms with Gasteiger partial charge in [-0.1, -0.05) is 12.1 Å². The van der Waals surface area contributed by atoms with Crippen molar-refractivity contribution in [3.8, 4) is 11.4 Å². The van der Waals surface area contributed by atoms with E-state index < -0.39 is 12.0 Å². The van der Waals surface area contributed by atoms with Crippen LogP contribution in [-0.2, 0) is 11.2 Å². The molecule has 2 aromatic rings. The minimum absolute atomic E-state index is 0.206. The molecule has 2 aromatic heterocycles. The largest absolute Gasteiger partial charge is 0.548 e. The van der Waals surface area contributed by atoms with Crippen molar-refractivity contribution in [2.24, 2.45) is 5.73 Å². The van der Waals surface area contributed by atoms with Gasteiger partial charge in [0, 0.05) is 18.4 Å². The maximum Gasteiger partial charge on any atom is 0.0886 e. The zero-order valence-electron chi connectivity index (χ0n) is 9.61. The van der Waals surface area contributed by atoms with Crippen LogP contribution in [0.1, 0.15) is 5.56 Å². The third-order valence-corrected chi connectivity index (χ3v) is 2.51. The summed E-state index contributed by atoms with van der Waals surface area (Å²) < 4.78 is 0. The molecule has 5 nitrogen and oxygen atoms in total. The van der Waals surface area contributed by atoms with E-state index in [9.17, 15) is 9.90 Å². The Balaban J connectivity index is 2.13. The molecule has 0 fully saturated rings. The van der Waals surface area contributed by atoms with Crippen LogP contribution in [0.25, 0.3) is 11.4 Å². The molecule has 2 heterocycles.